The number of cyclic esters (lactones) is 1. The quantitative estimate of drug-likeness (QED) is 0.153. The highest BCUT2D eigenvalue weighted by Gasteiger charge is 2.55. The predicted molar refractivity (Wildman–Crippen MR) is 232 cm³/mol. The number of esters is 4. The van der Waals surface area contributed by atoms with E-state index < -0.39 is 126 Å². The van der Waals surface area contributed by atoms with Gasteiger partial charge in [-0.1, -0.05) is 33.9 Å². The van der Waals surface area contributed by atoms with Crippen LogP contribution >= 0.6 is 0 Å². The first-order chi connectivity index (χ1) is 29.7. The average molecular weight is 913 g/mol. The van der Waals surface area contributed by atoms with Crippen molar-refractivity contribution in [1.29, 1.82) is 0 Å². The molecule has 2 N–H and O–H groups in total. The van der Waals surface area contributed by atoms with Gasteiger partial charge in [-0.25, -0.2) is 9.59 Å². The number of amides is 1. The lowest BCUT2D eigenvalue weighted by molar-refractivity contribution is -0.320. The minimum Gasteiger partial charge on any atom is -0.459 e. The smallest absolute Gasteiger partial charge is 0.330 e. The van der Waals surface area contributed by atoms with E-state index in [1.54, 1.807) is 55.4 Å². The molecule has 0 saturated carbocycles. The van der Waals surface area contributed by atoms with Crippen molar-refractivity contribution in [1.82, 2.24) is 10.2 Å². The van der Waals surface area contributed by atoms with Gasteiger partial charge in [0.2, 0.25) is 5.91 Å². The van der Waals surface area contributed by atoms with Gasteiger partial charge in [-0.05, 0) is 81.8 Å². The van der Waals surface area contributed by atoms with E-state index in [1.807, 2.05) is 25.9 Å². The standard InChI is InChI=1S/C46H76N2O16/c1-18-32-46(13,54)39(61-33(50)19-2)28(8)47-41(52)24(4)22-44(11,55-16)38(64-43-37(59-30(10)49)31(48(14)15)21-25(5)57-43)26(6)36(27(7)42(53)60-32)63-35-23-45(12,56-17)40(29(9)58-35)62-34(51)20-3/h19-20,24-29,31-32,35-40,43,54H,2-3,18,21-23H2,1,4-17H3,(H,47,52)/t24-,25-,26+,27-,28-,29+,31+,32-,35?,36+,37-,38-,39-,40+,43+,44-,45-,46-/m1/s1. The molecule has 3 fully saturated rings. The Morgan fingerprint density at radius 2 is 1.41 bits per heavy atom. The molecule has 0 aromatic carbocycles. The fraction of sp³-hybridized carbons (Fsp3) is 0.804. The van der Waals surface area contributed by atoms with Crippen LogP contribution in [0.4, 0.5) is 0 Å². The van der Waals surface area contributed by atoms with E-state index in [9.17, 15) is 29.1 Å². The van der Waals surface area contributed by atoms with Crippen molar-refractivity contribution >= 4 is 29.8 Å². The van der Waals surface area contributed by atoms with Gasteiger partial charge in [0.05, 0.1) is 48.0 Å². The second-order valence-electron chi connectivity index (χ2n) is 18.6. The van der Waals surface area contributed by atoms with E-state index in [0.29, 0.717) is 6.42 Å². The number of likely N-dealkylation sites (N-methyl/N-ethyl adjacent to an activating group) is 1. The van der Waals surface area contributed by atoms with Crippen molar-refractivity contribution in [2.45, 2.75) is 192 Å². The lowest BCUT2D eigenvalue weighted by atomic mass is 9.77. The van der Waals surface area contributed by atoms with E-state index in [2.05, 4.69) is 18.5 Å². The highest BCUT2D eigenvalue weighted by molar-refractivity contribution is 5.82. The first-order valence-corrected chi connectivity index (χ1v) is 22.2. The molecule has 18 heteroatoms. The zero-order valence-corrected chi connectivity index (χ0v) is 40.6. The summed E-state index contributed by atoms with van der Waals surface area (Å²) < 4.78 is 62.6. The number of hydrogen-bond donors (Lipinski definition) is 2. The fourth-order valence-electron chi connectivity index (χ4n) is 9.49. The van der Waals surface area contributed by atoms with Crippen LogP contribution in [-0.2, 0) is 71.3 Å². The van der Waals surface area contributed by atoms with Crippen LogP contribution in [0.3, 0.4) is 0 Å². The molecule has 3 rings (SSSR count). The summed E-state index contributed by atoms with van der Waals surface area (Å²) >= 11 is 0. The molecule has 18 nitrogen and oxygen atoms in total. The van der Waals surface area contributed by atoms with E-state index in [1.165, 1.54) is 28.1 Å². The molecule has 64 heavy (non-hydrogen) atoms. The number of rotatable bonds is 13. The lowest BCUT2D eigenvalue weighted by Crippen LogP contribution is -2.61. The highest BCUT2D eigenvalue weighted by Crippen LogP contribution is 2.42. The van der Waals surface area contributed by atoms with Gasteiger partial charge in [0, 0.05) is 51.6 Å². The maximum absolute atomic E-state index is 14.7. The summed E-state index contributed by atoms with van der Waals surface area (Å²) in [5.41, 5.74) is -4.56. The molecule has 3 aliphatic rings. The number of aliphatic hydroxyl groups is 1. The van der Waals surface area contributed by atoms with Crippen LogP contribution < -0.4 is 5.32 Å². The molecule has 0 radical (unpaired) electrons. The van der Waals surface area contributed by atoms with Crippen molar-refractivity contribution in [2.75, 3.05) is 28.3 Å². The average Bonchev–Trinajstić information content (AvgIpc) is 3.23. The largest absolute Gasteiger partial charge is 0.459 e. The van der Waals surface area contributed by atoms with Crippen LogP contribution in [0, 0.1) is 17.8 Å². The van der Waals surface area contributed by atoms with Crippen LogP contribution in [0.25, 0.3) is 0 Å². The van der Waals surface area contributed by atoms with Crippen molar-refractivity contribution < 1.29 is 76.4 Å². The molecule has 1 amide bonds. The predicted octanol–water partition coefficient (Wildman–Crippen LogP) is 3.78. The Morgan fingerprint density at radius 3 is 1.92 bits per heavy atom. The maximum Gasteiger partial charge on any atom is 0.330 e. The van der Waals surface area contributed by atoms with Crippen LogP contribution in [0.1, 0.15) is 102 Å². The van der Waals surface area contributed by atoms with Crippen molar-refractivity contribution in [3.8, 4) is 0 Å². The molecule has 3 saturated heterocycles. The Kier molecular flexibility index (Phi) is 19.5. The third kappa shape index (κ3) is 12.9. The molecule has 3 heterocycles. The summed E-state index contributed by atoms with van der Waals surface area (Å²) in [4.78, 5) is 68.6. The van der Waals surface area contributed by atoms with Crippen LogP contribution in [-0.4, -0.2) is 158 Å². The molecule has 366 valence electrons. The Balaban J connectivity index is 2.33. The highest BCUT2D eigenvalue weighted by atomic mass is 16.7. The minimum atomic E-state index is -2.04. The van der Waals surface area contributed by atoms with E-state index in [0.717, 1.165) is 12.2 Å². The van der Waals surface area contributed by atoms with Gasteiger partial charge >= 0.3 is 23.9 Å². The molecule has 0 aromatic rings. The van der Waals surface area contributed by atoms with E-state index in [4.69, 9.17) is 47.4 Å². The zero-order chi connectivity index (χ0) is 48.6. The molecule has 0 spiro atoms. The normalized spacial score (nSPS) is 41.6. The van der Waals surface area contributed by atoms with Crippen molar-refractivity contribution in [2.24, 2.45) is 17.8 Å². The summed E-state index contributed by atoms with van der Waals surface area (Å²) in [5.74, 6) is -6.15. The van der Waals surface area contributed by atoms with Crippen molar-refractivity contribution in [3.05, 3.63) is 25.3 Å². The second-order valence-corrected chi connectivity index (χ2v) is 18.6. The summed E-state index contributed by atoms with van der Waals surface area (Å²) in [5, 5.41) is 15.1. The Morgan fingerprint density at radius 1 is 0.844 bits per heavy atom. The van der Waals surface area contributed by atoms with Crippen molar-refractivity contribution in [3.63, 3.8) is 0 Å². The first-order valence-electron chi connectivity index (χ1n) is 22.2. The molecule has 18 atom stereocenters. The summed E-state index contributed by atoms with van der Waals surface area (Å²) in [6.45, 7) is 25.1. The Hall–Kier alpha value is -3.49. The van der Waals surface area contributed by atoms with Gasteiger partial charge in [-0.3, -0.25) is 14.4 Å². The monoisotopic (exact) mass is 913 g/mol. The molecule has 0 aromatic heterocycles. The number of hydrogen-bond acceptors (Lipinski definition) is 17. The van der Waals surface area contributed by atoms with Gasteiger partial charge in [-0.15, -0.1) is 0 Å². The SMILES string of the molecule is C=CC(=O)O[C@@H]1[C@@H](C)NC(=O)[C@H](C)C[C@@](C)(OC)[C@H](O[C@@H]2O[C@H](C)C[C@H](N(C)C)[C@H]2OC(C)=O)[C@@H](C)[C@H](OC2C[C@@](C)(OC)[C@@H](OC(=O)C=C)[C@H](C)O2)[C@@H](C)C(=O)O[C@H](CC)[C@@]1(C)O. The summed E-state index contributed by atoms with van der Waals surface area (Å²) in [6.07, 6.45) is -7.47. The van der Waals surface area contributed by atoms with E-state index in [-0.39, 0.29) is 31.4 Å². The molecule has 0 bridgehead atoms. The number of methoxy groups -OCH3 is 2. The number of nitrogens with zero attached hydrogens (tertiary/aromatic N) is 1. The van der Waals surface area contributed by atoms with Crippen LogP contribution in [0.2, 0.25) is 0 Å². The zero-order valence-electron chi connectivity index (χ0n) is 40.6. The third-order valence-corrected chi connectivity index (χ3v) is 13.2. The first kappa shape index (κ1) is 54.8. The molecular weight excluding hydrogens is 837 g/mol. The minimum absolute atomic E-state index is 0.0143. The van der Waals surface area contributed by atoms with Gasteiger partial charge in [0.1, 0.15) is 17.3 Å². The van der Waals surface area contributed by atoms with Gasteiger partial charge < -0.3 is 62.7 Å². The summed E-state index contributed by atoms with van der Waals surface area (Å²) in [6, 6.07) is -1.33. The number of nitrogens with one attached hydrogen (secondary N) is 1. The Labute approximate surface area is 379 Å². The third-order valence-electron chi connectivity index (χ3n) is 13.2. The second kappa shape index (κ2) is 22.8. The van der Waals surface area contributed by atoms with Crippen LogP contribution in [0.5, 0.6) is 0 Å². The van der Waals surface area contributed by atoms with Crippen LogP contribution in [0.15, 0.2) is 25.3 Å². The van der Waals surface area contributed by atoms with Gasteiger partial charge in [-0.2, -0.15) is 0 Å². The molecule has 1 unspecified atom stereocenters. The number of ether oxygens (including phenoxy) is 10. The fourth-order valence-corrected chi connectivity index (χ4v) is 9.49. The van der Waals surface area contributed by atoms with Gasteiger partial charge in [0.15, 0.2) is 30.9 Å². The molecular formula is C46H76N2O16. The molecule has 0 aliphatic carbocycles. The molecule has 3 aliphatic heterocycles. The number of carbonyl (C=O) groups is 5. The topological polar surface area (TPSA) is 213 Å². The summed E-state index contributed by atoms with van der Waals surface area (Å²) in [7, 11) is 6.69. The number of carbonyl (C=O) groups excluding carboxylic acids is 5. The van der Waals surface area contributed by atoms with E-state index >= 15 is 0 Å². The van der Waals surface area contributed by atoms with Gasteiger partial charge in [0.25, 0.3) is 0 Å². The maximum atomic E-state index is 14.7. The lowest BCUT2D eigenvalue weighted by Gasteiger charge is -2.50. The Bertz CT molecular complexity index is 1640.